The fraction of sp³-hybridized carbons (Fsp3) is 0.400. The Bertz CT molecular complexity index is 426. The van der Waals surface area contributed by atoms with E-state index in [1.807, 2.05) is 6.92 Å². The predicted octanol–water partition coefficient (Wildman–Crippen LogP) is 2.92. The predicted molar refractivity (Wildman–Crippen MR) is 61.8 cm³/mol. The molecule has 7 nitrogen and oxygen atoms in total. The minimum atomic E-state index is -0.464. The quantitative estimate of drug-likeness (QED) is 0.249. The number of ether oxygens (including phenoxy) is 1. The highest BCUT2D eigenvalue weighted by atomic mass is 16.6. The first-order valence-corrected chi connectivity index (χ1v) is 5.01. The number of hydrogen-bond donors (Lipinski definition) is 0. The zero-order valence-corrected chi connectivity index (χ0v) is 9.31. The molecular formula is C10H12N4O3. The highest BCUT2D eigenvalue weighted by Gasteiger charge is 2.05. The Balaban J connectivity index is 2.46. The molecule has 0 radical (unpaired) electrons. The van der Waals surface area contributed by atoms with Crippen LogP contribution in [-0.2, 0) is 0 Å². The number of nitrogens with zero attached hydrogens (tertiary/aromatic N) is 4. The van der Waals surface area contributed by atoms with Gasteiger partial charge in [-0.15, -0.1) is 0 Å². The van der Waals surface area contributed by atoms with Gasteiger partial charge in [0.15, 0.2) is 0 Å². The van der Waals surface area contributed by atoms with Gasteiger partial charge in [-0.2, -0.15) is 0 Å². The SMILES string of the molecule is C[C@H](CN=[N+]=[N-])COc1ccc([N+](=O)[O-])cc1. The Morgan fingerprint density at radius 1 is 1.53 bits per heavy atom. The summed E-state index contributed by atoms with van der Waals surface area (Å²) < 4.78 is 5.39. The molecule has 0 fully saturated rings. The number of rotatable bonds is 6. The maximum Gasteiger partial charge on any atom is 0.269 e. The van der Waals surface area contributed by atoms with Gasteiger partial charge in [-0.1, -0.05) is 12.0 Å². The third-order valence-corrected chi connectivity index (χ3v) is 2.04. The summed E-state index contributed by atoms with van der Waals surface area (Å²) in [5.41, 5.74) is 8.16. The number of nitro groups is 1. The summed E-state index contributed by atoms with van der Waals surface area (Å²) in [6, 6.07) is 5.84. The molecule has 90 valence electrons. The Hall–Kier alpha value is -2.27. The van der Waals surface area contributed by atoms with Crippen LogP contribution < -0.4 is 4.74 Å². The molecule has 0 saturated heterocycles. The molecule has 7 heteroatoms. The van der Waals surface area contributed by atoms with E-state index >= 15 is 0 Å². The maximum atomic E-state index is 10.4. The van der Waals surface area contributed by atoms with Crippen molar-refractivity contribution in [2.24, 2.45) is 11.0 Å². The van der Waals surface area contributed by atoms with Crippen molar-refractivity contribution in [1.82, 2.24) is 0 Å². The van der Waals surface area contributed by atoms with Crippen molar-refractivity contribution in [2.75, 3.05) is 13.2 Å². The second-order valence-electron chi connectivity index (χ2n) is 3.58. The van der Waals surface area contributed by atoms with E-state index in [4.69, 9.17) is 10.3 Å². The third-order valence-electron chi connectivity index (χ3n) is 2.04. The van der Waals surface area contributed by atoms with Crippen molar-refractivity contribution in [3.05, 3.63) is 44.8 Å². The van der Waals surface area contributed by atoms with Crippen molar-refractivity contribution < 1.29 is 9.66 Å². The van der Waals surface area contributed by atoms with E-state index in [9.17, 15) is 10.1 Å². The summed E-state index contributed by atoms with van der Waals surface area (Å²) in [7, 11) is 0. The minimum Gasteiger partial charge on any atom is -0.493 e. The van der Waals surface area contributed by atoms with E-state index in [-0.39, 0.29) is 11.6 Å². The van der Waals surface area contributed by atoms with Gasteiger partial charge in [-0.3, -0.25) is 10.1 Å². The number of hydrogen-bond acceptors (Lipinski definition) is 4. The summed E-state index contributed by atoms with van der Waals surface area (Å²) in [6.45, 7) is 2.65. The van der Waals surface area contributed by atoms with E-state index in [0.717, 1.165) is 0 Å². The summed E-state index contributed by atoms with van der Waals surface area (Å²) in [4.78, 5) is 12.6. The molecule has 1 atom stereocenters. The summed E-state index contributed by atoms with van der Waals surface area (Å²) >= 11 is 0. The number of azide groups is 1. The highest BCUT2D eigenvalue weighted by Crippen LogP contribution is 2.17. The Labute approximate surface area is 97.8 Å². The first-order chi connectivity index (χ1) is 8.13. The van der Waals surface area contributed by atoms with Gasteiger partial charge in [0.05, 0.1) is 11.5 Å². The fourth-order valence-electron chi connectivity index (χ4n) is 1.13. The van der Waals surface area contributed by atoms with E-state index < -0.39 is 4.92 Å². The van der Waals surface area contributed by atoms with Crippen molar-refractivity contribution in [2.45, 2.75) is 6.92 Å². The maximum absolute atomic E-state index is 10.4. The molecule has 0 aliphatic carbocycles. The van der Waals surface area contributed by atoms with E-state index in [1.54, 1.807) is 12.1 Å². The molecule has 0 spiro atoms. The second kappa shape index (κ2) is 6.34. The normalized spacial score (nSPS) is 11.4. The molecule has 1 aromatic rings. The van der Waals surface area contributed by atoms with Crippen molar-refractivity contribution >= 4 is 5.69 Å². The van der Waals surface area contributed by atoms with Gasteiger partial charge >= 0.3 is 0 Å². The summed E-state index contributed by atoms with van der Waals surface area (Å²) in [6.07, 6.45) is 0. The smallest absolute Gasteiger partial charge is 0.269 e. The average molecular weight is 236 g/mol. The third kappa shape index (κ3) is 4.40. The summed E-state index contributed by atoms with van der Waals surface area (Å²) in [5, 5.41) is 13.8. The van der Waals surface area contributed by atoms with Gasteiger partial charge in [-0.25, -0.2) is 0 Å². The van der Waals surface area contributed by atoms with E-state index in [1.165, 1.54) is 12.1 Å². The number of benzene rings is 1. The molecule has 0 N–H and O–H groups in total. The lowest BCUT2D eigenvalue weighted by atomic mass is 10.2. The molecular weight excluding hydrogens is 224 g/mol. The Kier molecular flexibility index (Phi) is 4.77. The fourth-order valence-corrected chi connectivity index (χ4v) is 1.13. The van der Waals surface area contributed by atoms with Crippen LogP contribution in [0.4, 0.5) is 5.69 Å². The molecule has 0 heterocycles. The zero-order chi connectivity index (χ0) is 12.7. The van der Waals surface area contributed by atoms with Crippen LogP contribution in [0.5, 0.6) is 5.75 Å². The van der Waals surface area contributed by atoms with Crippen LogP contribution in [0.2, 0.25) is 0 Å². The standard InChI is InChI=1S/C10H12N4O3/c1-8(6-12-13-11)7-17-10-4-2-9(3-5-10)14(15)16/h2-5,8H,6-7H2,1H3/t8-/m1/s1. The van der Waals surface area contributed by atoms with Gasteiger partial charge in [0.2, 0.25) is 0 Å². The van der Waals surface area contributed by atoms with Gasteiger partial charge in [0.1, 0.15) is 5.75 Å². The van der Waals surface area contributed by atoms with Crippen LogP contribution in [0.25, 0.3) is 10.4 Å². The number of non-ortho nitro benzene ring substituents is 1. The highest BCUT2D eigenvalue weighted by molar-refractivity contribution is 5.35. The van der Waals surface area contributed by atoms with Gasteiger partial charge in [0, 0.05) is 23.6 Å². The lowest BCUT2D eigenvalue weighted by molar-refractivity contribution is -0.384. The molecule has 0 aliphatic rings. The number of nitro benzene ring substituents is 1. The molecule has 1 aromatic carbocycles. The van der Waals surface area contributed by atoms with Crippen LogP contribution in [-0.4, -0.2) is 18.1 Å². The van der Waals surface area contributed by atoms with Crippen LogP contribution in [0.15, 0.2) is 29.4 Å². The van der Waals surface area contributed by atoms with Crippen molar-refractivity contribution in [3.63, 3.8) is 0 Å². The van der Waals surface area contributed by atoms with Crippen LogP contribution >= 0.6 is 0 Å². The molecule has 0 aromatic heterocycles. The largest absolute Gasteiger partial charge is 0.493 e. The monoisotopic (exact) mass is 236 g/mol. The molecule has 1 rings (SSSR count). The lowest BCUT2D eigenvalue weighted by Crippen LogP contribution is -2.11. The zero-order valence-electron chi connectivity index (χ0n) is 9.31. The first kappa shape index (κ1) is 12.8. The molecule has 0 amide bonds. The first-order valence-electron chi connectivity index (χ1n) is 5.01. The molecule has 17 heavy (non-hydrogen) atoms. The average Bonchev–Trinajstić information content (AvgIpc) is 2.34. The van der Waals surface area contributed by atoms with Crippen LogP contribution in [0.3, 0.4) is 0 Å². The van der Waals surface area contributed by atoms with Crippen molar-refractivity contribution in [1.29, 1.82) is 0 Å². The Morgan fingerprint density at radius 2 is 2.18 bits per heavy atom. The van der Waals surface area contributed by atoms with Gasteiger partial charge in [0.25, 0.3) is 5.69 Å². The molecule has 0 saturated carbocycles. The minimum absolute atomic E-state index is 0.0273. The Morgan fingerprint density at radius 3 is 2.71 bits per heavy atom. The van der Waals surface area contributed by atoms with Gasteiger partial charge in [-0.05, 0) is 23.6 Å². The summed E-state index contributed by atoms with van der Waals surface area (Å²) in [5.74, 6) is 0.657. The van der Waals surface area contributed by atoms with Gasteiger partial charge < -0.3 is 4.74 Å². The molecule has 0 bridgehead atoms. The van der Waals surface area contributed by atoms with Crippen molar-refractivity contribution in [3.8, 4) is 5.75 Å². The second-order valence-corrected chi connectivity index (χ2v) is 3.58. The topological polar surface area (TPSA) is 101 Å². The molecule has 0 aliphatic heterocycles. The van der Waals surface area contributed by atoms with Crippen LogP contribution in [0, 0.1) is 16.0 Å². The molecule has 0 unspecified atom stereocenters. The van der Waals surface area contributed by atoms with Crippen LogP contribution in [0.1, 0.15) is 6.92 Å². The van der Waals surface area contributed by atoms with E-state index in [2.05, 4.69) is 10.0 Å². The lowest BCUT2D eigenvalue weighted by Gasteiger charge is -2.10. The van der Waals surface area contributed by atoms with E-state index in [0.29, 0.717) is 18.9 Å².